The molecule has 6 nitrogen and oxygen atoms in total. The van der Waals surface area contributed by atoms with Crippen molar-refractivity contribution in [2.45, 2.75) is 12.3 Å². The number of fused-ring (bicyclic) bond motifs is 2. The molecular weight excluding hydrogens is 374 g/mol. The van der Waals surface area contributed by atoms with E-state index in [0.29, 0.717) is 11.3 Å². The Balaban J connectivity index is 1.67. The molecule has 0 aliphatic carbocycles. The molecule has 142 valence electrons. The maximum atomic E-state index is 12.8. The predicted molar refractivity (Wildman–Crippen MR) is 111 cm³/mol. The van der Waals surface area contributed by atoms with Gasteiger partial charge in [0.25, 0.3) is 0 Å². The number of anilines is 1. The first kappa shape index (κ1) is 18.2. The first-order valence-corrected chi connectivity index (χ1v) is 10.9. The van der Waals surface area contributed by atoms with Gasteiger partial charge in [-0.25, -0.2) is 13.4 Å². The molecule has 0 unspecified atom stereocenters. The van der Waals surface area contributed by atoms with Crippen LogP contribution in [0, 0.1) is 0 Å². The number of imidazole rings is 1. The van der Waals surface area contributed by atoms with Crippen molar-refractivity contribution in [2.24, 2.45) is 0 Å². The smallest absolute Gasteiger partial charge is 0.244 e. The zero-order valence-corrected chi connectivity index (χ0v) is 16.1. The van der Waals surface area contributed by atoms with Gasteiger partial charge in [0.05, 0.1) is 11.0 Å². The molecule has 0 spiro atoms. The van der Waals surface area contributed by atoms with Crippen molar-refractivity contribution in [1.82, 2.24) is 9.55 Å². The third kappa shape index (κ3) is 3.75. The zero-order chi connectivity index (χ0) is 19.7. The van der Waals surface area contributed by atoms with Gasteiger partial charge in [-0.15, -0.1) is 0 Å². The molecule has 4 aromatic rings. The van der Waals surface area contributed by atoms with Crippen molar-refractivity contribution < 1.29 is 13.2 Å². The Labute approximate surface area is 162 Å². The number of sulfone groups is 1. The van der Waals surface area contributed by atoms with Gasteiger partial charge < -0.3 is 9.88 Å². The Hall–Kier alpha value is -3.19. The molecule has 0 aliphatic heterocycles. The van der Waals surface area contributed by atoms with E-state index in [2.05, 4.69) is 10.3 Å². The molecule has 0 aliphatic rings. The summed E-state index contributed by atoms with van der Waals surface area (Å²) in [7, 11) is -3.29. The lowest BCUT2D eigenvalue weighted by Crippen LogP contribution is -2.21. The quantitative estimate of drug-likeness (QED) is 0.564. The third-order valence-electron chi connectivity index (χ3n) is 4.49. The van der Waals surface area contributed by atoms with E-state index in [1.807, 2.05) is 60.7 Å². The fourth-order valence-corrected chi connectivity index (χ4v) is 4.00. The number of carbonyl (C=O) groups is 1. The van der Waals surface area contributed by atoms with Crippen molar-refractivity contribution in [3.8, 4) is 0 Å². The lowest BCUT2D eigenvalue weighted by atomic mass is 10.1. The maximum absolute atomic E-state index is 12.8. The number of hydrogen-bond donors (Lipinski definition) is 1. The summed E-state index contributed by atoms with van der Waals surface area (Å²) in [6.45, 7) is -0.0193. The predicted octanol–water partition coefficient (Wildman–Crippen LogP) is 3.37. The van der Waals surface area contributed by atoms with Crippen LogP contribution < -0.4 is 5.32 Å². The molecule has 7 heteroatoms. The number of rotatable bonds is 5. The first-order valence-electron chi connectivity index (χ1n) is 8.80. The van der Waals surface area contributed by atoms with E-state index in [9.17, 15) is 13.2 Å². The summed E-state index contributed by atoms with van der Waals surface area (Å²) in [6, 6.07) is 20.8. The van der Waals surface area contributed by atoms with Gasteiger partial charge in [-0.05, 0) is 23.6 Å². The van der Waals surface area contributed by atoms with E-state index < -0.39 is 9.84 Å². The summed E-state index contributed by atoms with van der Waals surface area (Å²) >= 11 is 0. The Morgan fingerprint density at radius 3 is 2.54 bits per heavy atom. The summed E-state index contributed by atoms with van der Waals surface area (Å²) < 4.78 is 25.3. The minimum absolute atomic E-state index is 0.0193. The van der Waals surface area contributed by atoms with Gasteiger partial charge in [0.2, 0.25) is 5.91 Å². The van der Waals surface area contributed by atoms with E-state index >= 15 is 0 Å². The Morgan fingerprint density at radius 1 is 1.00 bits per heavy atom. The molecule has 0 bridgehead atoms. The highest BCUT2D eigenvalue weighted by Crippen LogP contribution is 2.23. The second-order valence-electron chi connectivity index (χ2n) is 6.75. The van der Waals surface area contributed by atoms with Crippen LogP contribution in [0.5, 0.6) is 0 Å². The number of benzene rings is 3. The summed E-state index contributed by atoms with van der Waals surface area (Å²) in [5.41, 5.74) is 2.12. The molecule has 1 N–H and O–H groups in total. The van der Waals surface area contributed by atoms with Gasteiger partial charge in [-0.3, -0.25) is 4.79 Å². The van der Waals surface area contributed by atoms with Crippen LogP contribution in [0.15, 0.2) is 66.7 Å². The lowest BCUT2D eigenvalue weighted by molar-refractivity contribution is -0.116. The number of amides is 1. The average Bonchev–Trinajstić information content (AvgIpc) is 2.97. The number of nitrogens with zero attached hydrogens (tertiary/aromatic N) is 2. The van der Waals surface area contributed by atoms with Gasteiger partial charge in [-0.2, -0.15) is 0 Å². The summed E-state index contributed by atoms with van der Waals surface area (Å²) in [4.78, 5) is 17.2. The number of para-hydroxylation sites is 2. The molecule has 0 radical (unpaired) electrons. The van der Waals surface area contributed by atoms with Crippen molar-refractivity contribution in [2.75, 3.05) is 11.6 Å². The number of nitrogens with one attached hydrogen (secondary N) is 1. The average molecular weight is 393 g/mol. The summed E-state index contributed by atoms with van der Waals surface area (Å²) in [5, 5.41) is 4.92. The molecule has 0 atom stereocenters. The number of carbonyl (C=O) groups excluding carboxylic acids is 1. The van der Waals surface area contributed by atoms with Gasteiger partial charge in [0.1, 0.15) is 18.1 Å². The minimum Gasteiger partial charge on any atom is -0.324 e. The molecule has 1 heterocycles. The molecule has 3 aromatic carbocycles. The number of hydrogen-bond acceptors (Lipinski definition) is 4. The van der Waals surface area contributed by atoms with Gasteiger partial charge in [0.15, 0.2) is 9.84 Å². The highest BCUT2D eigenvalue weighted by atomic mass is 32.2. The van der Waals surface area contributed by atoms with E-state index in [4.69, 9.17) is 0 Å². The molecule has 4 rings (SSSR count). The molecular formula is C21H19N3O3S. The summed E-state index contributed by atoms with van der Waals surface area (Å²) in [6.07, 6.45) is 1.16. The molecule has 0 saturated heterocycles. The van der Waals surface area contributed by atoms with E-state index in [-0.39, 0.29) is 18.2 Å². The zero-order valence-electron chi connectivity index (χ0n) is 15.3. The van der Waals surface area contributed by atoms with Crippen LogP contribution in [0.4, 0.5) is 5.69 Å². The third-order valence-corrected chi connectivity index (χ3v) is 5.27. The number of aromatic nitrogens is 2. The van der Waals surface area contributed by atoms with Gasteiger partial charge in [-0.1, -0.05) is 48.5 Å². The highest BCUT2D eigenvalue weighted by molar-refractivity contribution is 7.89. The summed E-state index contributed by atoms with van der Waals surface area (Å²) in [5.74, 6) is -0.102. The van der Waals surface area contributed by atoms with Gasteiger partial charge >= 0.3 is 0 Å². The Morgan fingerprint density at radius 2 is 1.71 bits per heavy atom. The van der Waals surface area contributed by atoms with Crippen LogP contribution in [0.1, 0.15) is 5.82 Å². The molecule has 28 heavy (non-hydrogen) atoms. The topological polar surface area (TPSA) is 81.1 Å². The van der Waals surface area contributed by atoms with Crippen LogP contribution in [0.25, 0.3) is 21.8 Å². The second-order valence-corrected chi connectivity index (χ2v) is 8.89. The van der Waals surface area contributed by atoms with Gasteiger partial charge in [0, 0.05) is 17.3 Å². The highest BCUT2D eigenvalue weighted by Gasteiger charge is 2.17. The van der Waals surface area contributed by atoms with Crippen molar-refractivity contribution in [1.29, 1.82) is 0 Å². The van der Waals surface area contributed by atoms with Crippen molar-refractivity contribution in [3.05, 3.63) is 72.6 Å². The van der Waals surface area contributed by atoms with Crippen LogP contribution in [-0.4, -0.2) is 30.1 Å². The standard InChI is InChI=1S/C21H19N3O3S/c1-28(26,27)14-20-22-18-10-4-5-12-19(18)24(20)13-21(25)23-17-11-6-8-15-7-2-3-9-16(15)17/h2-12H,13-14H2,1H3,(H,23,25). The Kier molecular flexibility index (Phi) is 4.60. The van der Waals surface area contributed by atoms with Crippen molar-refractivity contribution >= 4 is 43.2 Å². The molecule has 1 amide bonds. The fraction of sp³-hybridized carbons (Fsp3) is 0.143. The molecule has 1 aromatic heterocycles. The van der Waals surface area contributed by atoms with Crippen LogP contribution in [0.2, 0.25) is 0 Å². The van der Waals surface area contributed by atoms with Crippen LogP contribution in [0.3, 0.4) is 0 Å². The molecule has 0 saturated carbocycles. The lowest BCUT2D eigenvalue weighted by Gasteiger charge is -2.11. The SMILES string of the molecule is CS(=O)(=O)Cc1nc2ccccc2n1CC(=O)Nc1cccc2ccccc12. The van der Waals surface area contributed by atoms with E-state index in [1.54, 1.807) is 10.6 Å². The normalized spacial score (nSPS) is 11.8. The largest absolute Gasteiger partial charge is 0.324 e. The molecule has 0 fully saturated rings. The monoisotopic (exact) mass is 393 g/mol. The Bertz CT molecular complexity index is 1290. The van der Waals surface area contributed by atoms with Crippen LogP contribution >= 0.6 is 0 Å². The van der Waals surface area contributed by atoms with Crippen molar-refractivity contribution in [3.63, 3.8) is 0 Å². The first-order chi connectivity index (χ1) is 13.4. The maximum Gasteiger partial charge on any atom is 0.244 e. The van der Waals surface area contributed by atoms with Crippen LogP contribution in [-0.2, 0) is 26.9 Å². The van der Waals surface area contributed by atoms with E-state index in [0.717, 1.165) is 28.2 Å². The second kappa shape index (κ2) is 7.09. The fourth-order valence-electron chi connectivity index (χ4n) is 3.31. The minimum atomic E-state index is -3.29. The van der Waals surface area contributed by atoms with E-state index in [1.165, 1.54) is 0 Å².